The average molecular weight is 404 g/mol. The Bertz CT molecular complexity index is 963. The van der Waals surface area contributed by atoms with Crippen LogP contribution in [-0.2, 0) is 16.1 Å². The molecule has 1 heterocycles. The Morgan fingerprint density at radius 1 is 1.14 bits per heavy atom. The van der Waals surface area contributed by atoms with Crippen LogP contribution in [0.3, 0.4) is 0 Å². The van der Waals surface area contributed by atoms with E-state index in [0.717, 1.165) is 11.8 Å². The van der Waals surface area contributed by atoms with Crippen molar-refractivity contribution in [2.45, 2.75) is 11.5 Å². The molecule has 9 heteroatoms. The number of halogens is 1. The minimum absolute atomic E-state index is 0.0302. The van der Waals surface area contributed by atoms with Gasteiger partial charge in [-0.25, -0.2) is 4.39 Å². The van der Waals surface area contributed by atoms with E-state index in [4.69, 9.17) is 18.7 Å². The van der Waals surface area contributed by atoms with Crippen molar-refractivity contribution < 1.29 is 27.9 Å². The van der Waals surface area contributed by atoms with Crippen molar-refractivity contribution in [1.29, 1.82) is 0 Å². The Labute approximate surface area is 164 Å². The number of hydrogen-bond acceptors (Lipinski definition) is 8. The summed E-state index contributed by atoms with van der Waals surface area (Å²) in [5.74, 6) is 0.661. The highest BCUT2D eigenvalue weighted by atomic mass is 32.2. The van der Waals surface area contributed by atoms with Gasteiger partial charge in [0.2, 0.25) is 5.82 Å². The smallest absolute Gasteiger partial charge is 0.316 e. The lowest BCUT2D eigenvalue weighted by molar-refractivity contribution is -0.142. The van der Waals surface area contributed by atoms with Gasteiger partial charge in [-0.3, -0.25) is 4.79 Å². The normalized spacial score (nSPS) is 10.5. The van der Waals surface area contributed by atoms with E-state index in [1.165, 1.54) is 13.2 Å². The summed E-state index contributed by atoms with van der Waals surface area (Å²) >= 11 is 1.06. The Morgan fingerprint density at radius 3 is 2.68 bits per heavy atom. The van der Waals surface area contributed by atoms with E-state index in [1.54, 1.807) is 43.5 Å². The number of ether oxygens (including phenoxy) is 3. The summed E-state index contributed by atoms with van der Waals surface area (Å²) in [7, 11) is 3.07. The van der Waals surface area contributed by atoms with Crippen LogP contribution in [-0.4, -0.2) is 36.1 Å². The third kappa shape index (κ3) is 4.80. The van der Waals surface area contributed by atoms with Crippen molar-refractivity contribution in [3.63, 3.8) is 0 Å². The maximum Gasteiger partial charge on any atom is 0.316 e. The van der Waals surface area contributed by atoms with Crippen LogP contribution in [0.1, 0.15) is 5.89 Å². The first-order valence-corrected chi connectivity index (χ1v) is 9.17. The topological polar surface area (TPSA) is 83.7 Å². The molecule has 0 radical (unpaired) electrons. The summed E-state index contributed by atoms with van der Waals surface area (Å²) in [5.41, 5.74) is 0.661. The molecule has 0 spiro atoms. The number of hydrogen-bond donors (Lipinski definition) is 0. The Balaban J connectivity index is 1.56. The third-order valence-electron chi connectivity index (χ3n) is 3.65. The molecule has 0 saturated carbocycles. The second-order valence-corrected chi connectivity index (χ2v) is 6.48. The van der Waals surface area contributed by atoms with Crippen LogP contribution >= 0.6 is 11.8 Å². The van der Waals surface area contributed by atoms with E-state index in [0.29, 0.717) is 27.8 Å². The summed E-state index contributed by atoms with van der Waals surface area (Å²) in [6.07, 6.45) is 0. The average Bonchev–Trinajstić information content (AvgIpc) is 3.20. The van der Waals surface area contributed by atoms with Crippen LogP contribution < -0.4 is 9.47 Å². The zero-order valence-electron chi connectivity index (χ0n) is 15.2. The zero-order valence-corrected chi connectivity index (χ0v) is 16.0. The number of carbonyl (C=O) groups is 1. The fourth-order valence-electron chi connectivity index (χ4n) is 2.29. The van der Waals surface area contributed by atoms with E-state index < -0.39 is 5.97 Å². The van der Waals surface area contributed by atoms with Crippen molar-refractivity contribution in [3.05, 3.63) is 54.2 Å². The van der Waals surface area contributed by atoms with Gasteiger partial charge >= 0.3 is 5.97 Å². The van der Waals surface area contributed by atoms with E-state index in [1.807, 2.05) is 0 Å². The summed E-state index contributed by atoms with van der Waals surface area (Å²) in [6, 6.07) is 11.4. The number of rotatable bonds is 8. The minimum atomic E-state index is -0.515. The summed E-state index contributed by atoms with van der Waals surface area (Å²) in [4.78, 5) is 16.4. The van der Waals surface area contributed by atoms with Crippen molar-refractivity contribution in [3.8, 4) is 22.9 Å². The molecule has 0 atom stereocenters. The van der Waals surface area contributed by atoms with Gasteiger partial charge in [-0.05, 0) is 30.3 Å². The van der Waals surface area contributed by atoms with E-state index in [-0.39, 0.29) is 24.1 Å². The lowest BCUT2D eigenvalue weighted by atomic mass is 10.2. The lowest BCUT2D eigenvalue weighted by Gasteiger charge is -2.07. The number of carbonyl (C=O) groups excluding carboxylic acids is 1. The molecular weight excluding hydrogens is 387 g/mol. The van der Waals surface area contributed by atoms with E-state index in [2.05, 4.69) is 10.1 Å². The highest BCUT2D eigenvalue weighted by Crippen LogP contribution is 2.31. The quantitative estimate of drug-likeness (QED) is 0.415. The molecule has 0 N–H and O–H groups in total. The molecular formula is C19H17FN2O5S. The van der Waals surface area contributed by atoms with Gasteiger partial charge in [0, 0.05) is 10.5 Å². The van der Waals surface area contributed by atoms with Gasteiger partial charge in [-0.15, -0.1) is 11.8 Å². The second-order valence-electron chi connectivity index (χ2n) is 5.46. The predicted molar refractivity (Wildman–Crippen MR) is 99.8 cm³/mol. The van der Waals surface area contributed by atoms with Gasteiger partial charge in [0.15, 0.2) is 18.1 Å². The fourth-order valence-corrected chi connectivity index (χ4v) is 3.03. The molecule has 0 saturated heterocycles. The van der Waals surface area contributed by atoms with Crippen LogP contribution in [0.2, 0.25) is 0 Å². The molecule has 0 aliphatic heterocycles. The highest BCUT2D eigenvalue weighted by molar-refractivity contribution is 8.00. The van der Waals surface area contributed by atoms with Crippen molar-refractivity contribution in [2.24, 2.45) is 0 Å². The fraction of sp³-hybridized carbons (Fsp3) is 0.211. The first kappa shape index (κ1) is 19.7. The standard InChI is InChI=1S/C19H17FN2O5S/c1-24-14-8-7-12(9-15(14)25-2)19-21-17(27-22-19)10-26-18(23)11-28-16-6-4-3-5-13(16)20/h3-9H,10-11H2,1-2H3. The molecule has 2 aromatic carbocycles. The number of thioether (sulfide) groups is 1. The van der Waals surface area contributed by atoms with Crippen LogP contribution in [0.4, 0.5) is 4.39 Å². The predicted octanol–water partition coefficient (Wildman–Crippen LogP) is 3.73. The number of aromatic nitrogens is 2. The number of esters is 1. The molecule has 0 fully saturated rings. The van der Waals surface area contributed by atoms with Crippen molar-refractivity contribution in [1.82, 2.24) is 10.1 Å². The monoisotopic (exact) mass is 404 g/mol. The van der Waals surface area contributed by atoms with Crippen LogP contribution in [0.15, 0.2) is 51.9 Å². The van der Waals surface area contributed by atoms with Gasteiger partial charge < -0.3 is 18.7 Å². The molecule has 0 amide bonds. The van der Waals surface area contributed by atoms with Gasteiger partial charge in [-0.2, -0.15) is 4.98 Å². The third-order valence-corrected chi connectivity index (χ3v) is 4.67. The van der Waals surface area contributed by atoms with Crippen LogP contribution in [0.25, 0.3) is 11.4 Å². The zero-order chi connectivity index (χ0) is 19.9. The van der Waals surface area contributed by atoms with Crippen LogP contribution in [0, 0.1) is 5.82 Å². The highest BCUT2D eigenvalue weighted by Gasteiger charge is 2.14. The molecule has 0 aliphatic rings. The molecule has 1 aromatic heterocycles. The molecule has 146 valence electrons. The SMILES string of the molecule is COc1ccc(-c2noc(COC(=O)CSc3ccccc3F)n2)cc1OC. The summed E-state index contributed by atoms with van der Waals surface area (Å²) in [5, 5.41) is 3.87. The van der Waals surface area contributed by atoms with Gasteiger partial charge in [-0.1, -0.05) is 17.3 Å². The lowest BCUT2D eigenvalue weighted by Crippen LogP contribution is -2.07. The van der Waals surface area contributed by atoms with Gasteiger partial charge in [0.25, 0.3) is 5.89 Å². The maximum absolute atomic E-state index is 13.5. The van der Waals surface area contributed by atoms with E-state index in [9.17, 15) is 9.18 Å². The van der Waals surface area contributed by atoms with Crippen molar-refractivity contribution in [2.75, 3.05) is 20.0 Å². The van der Waals surface area contributed by atoms with E-state index >= 15 is 0 Å². The van der Waals surface area contributed by atoms with Crippen molar-refractivity contribution >= 4 is 17.7 Å². The number of nitrogens with zero attached hydrogens (tertiary/aromatic N) is 2. The largest absolute Gasteiger partial charge is 0.493 e. The van der Waals surface area contributed by atoms with Gasteiger partial charge in [0.05, 0.1) is 20.0 Å². The second kappa shape index (κ2) is 9.23. The van der Waals surface area contributed by atoms with Gasteiger partial charge in [0.1, 0.15) is 5.82 Å². The Morgan fingerprint density at radius 2 is 1.93 bits per heavy atom. The molecule has 3 aromatic rings. The molecule has 7 nitrogen and oxygen atoms in total. The maximum atomic E-state index is 13.5. The molecule has 0 aliphatic carbocycles. The molecule has 3 rings (SSSR count). The first-order valence-electron chi connectivity index (χ1n) is 8.18. The van der Waals surface area contributed by atoms with Crippen LogP contribution in [0.5, 0.6) is 11.5 Å². The Hall–Kier alpha value is -3.07. The summed E-state index contributed by atoms with van der Waals surface area (Å²) < 4.78 is 34.2. The molecule has 0 unspecified atom stereocenters. The number of methoxy groups -OCH3 is 2. The summed E-state index contributed by atoms with van der Waals surface area (Å²) in [6.45, 7) is -0.170. The Kier molecular flexibility index (Phi) is 6.49. The minimum Gasteiger partial charge on any atom is -0.493 e. The first-order chi connectivity index (χ1) is 13.6. The molecule has 0 bridgehead atoms. The number of benzene rings is 2. The molecule has 28 heavy (non-hydrogen) atoms.